The van der Waals surface area contributed by atoms with Crippen LogP contribution in [-0.4, -0.2) is 37.8 Å². The Balaban J connectivity index is 1.46. The topological polar surface area (TPSA) is 34.1 Å². The second-order valence-electron chi connectivity index (χ2n) is 7.37. The van der Waals surface area contributed by atoms with Crippen molar-refractivity contribution in [1.29, 1.82) is 0 Å². The molecular formula is C30H22O2Se2. The van der Waals surface area contributed by atoms with Gasteiger partial charge >= 0.3 is 212 Å². The Morgan fingerprint density at radius 1 is 0.471 bits per heavy atom. The van der Waals surface area contributed by atoms with E-state index >= 15 is 0 Å². The molecule has 0 amide bonds. The Morgan fingerprint density at radius 2 is 0.824 bits per heavy atom. The summed E-state index contributed by atoms with van der Waals surface area (Å²) < 4.78 is 2.54. The van der Waals surface area contributed by atoms with Gasteiger partial charge < -0.3 is 0 Å². The third-order valence-electron chi connectivity index (χ3n) is 5.00. The number of rotatable bonds is 9. The summed E-state index contributed by atoms with van der Waals surface area (Å²) in [5.41, 5.74) is 3.55. The molecule has 0 aliphatic rings. The van der Waals surface area contributed by atoms with Gasteiger partial charge in [-0.05, 0) is 0 Å². The summed E-state index contributed by atoms with van der Waals surface area (Å²) in [7, 11) is 0. The Kier molecular flexibility index (Phi) is 8.62. The molecular weight excluding hydrogens is 550 g/mol. The Labute approximate surface area is 211 Å². The Bertz CT molecular complexity index is 1220. The average molecular weight is 572 g/mol. The number of carbonyl (C=O) groups excluding carboxylic acids is 2. The first-order valence-corrected chi connectivity index (χ1v) is 16.8. The summed E-state index contributed by atoms with van der Waals surface area (Å²) in [6.07, 6.45) is 7.16. The molecule has 4 rings (SSSR count). The van der Waals surface area contributed by atoms with Crippen LogP contribution >= 0.6 is 0 Å². The van der Waals surface area contributed by atoms with Crippen LogP contribution in [0.4, 0.5) is 0 Å². The fourth-order valence-corrected chi connectivity index (χ4v) is 10.4. The van der Waals surface area contributed by atoms with Gasteiger partial charge in [0, 0.05) is 0 Å². The van der Waals surface area contributed by atoms with E-state index in [9.17, 15) is 9.59 Å². The van der Waals surface area contributed by atoms with E-state index in [2.05, 4.69) is 24.3 Å². The predicted octanol–water partition coefficient (Wildman–Crippen LogP) is 4.75. The van der Waals surface area contributed by atoms with E-state index in [1.807, 2.05) is 97.1 Å². The van der Waals surface area contributed by atoms with Gasteiger partial charge in [0.2, 0.25) is 0 Å². The molecule has 0 heterocycles. The molecule has 4 aromatic rings. The molecule has 0 fully saturated rings. The van der Waals surface area contributed by atoms with Crippen molar-refractivity contribution in [2.45, 2.75) is 0 Å². The van der Waals surface area contributed by atoms with Gasteiger partial charge in [-0.2, -0.15) is 0 Å². The van der Waals surface area contributed by atoms with Gasteiger partial charge in [0.05, 0.1) is 0 Å². The Hall–Kier alpha value is -3.26. The van der Waals surface area contributed by atoms with Gasteiger partial charge in [0.25, 0.3) is 0 Å². The van der Waals surface area contributed by atoms with Crippen molar-refractivity contribution >= 4 is 58.9 Å². The molecule has 0 radical (unpaired) electrons. The minimum absolute atomic E-state index is 0.00646. The molecule has 0 atom stereocenters. The van der Waals surface area contributed by atoms with Crippen LogP contribution in [0.25, 0.3) is 12.2 Å². The van der Waals surface area contributed by atoms with Gasteiger partial charge in [0.15, 0.2) is 0 Å². The second kappa shape index (κ2) is 12.3. The predicted molar refractivity (Wildman–Crippen MR) is 143 cm³/mol. The standard InChI is InChI=1S/C30H22O2Se2/c31-27(23-11-3-1-4-12-23)21-19-25-15-7-9-17-29(25)33-34-30-18-10-8-16-26(30)20-22-28(32)24-13-5-2-6-14-24/h1-22H/b21-19-,22-20-. The van der Waals surface area contributed by atoms with Crippen molar-refractivity contribution in [1.82, 2.24) is 0 Å². The van der Waals surface area contributed by atoms with Crippen LogP contribution in [0.1, 0.15) is 31.8 Å². The van der Waals surface area contributed by atoms with Crippen molar-refractivity contribution in [3.05, 3.63) is 144 Å². The molecule has 166 valence electrons. The molecule has 4 aromatic carbocycles. The number of benzene rings is 4. The fourth-order valence-electron chi connectivity index (χ4n) is 3.21. The minimum atomic E-state index is 0.00646. The summed E-state index contributed by atoms with van der Waals surface area (Å²) in [6.45, 7) is 0. The molecule has 0 unspecified atom stereocenters. The molecule has 34 heavy (non-hydrogen) atoms. The van der Waals surface area contributed by atoms with Gasteiger partial charge in [0.1, 0.15) is 0 Å². The van der Waals surface area contributed by atoms with Crippen LogP contribution in [0, 0.1) is 0 Å². The van der Waals surface area contributed by atoms with E-state index in [0.29, 0.717) is 11.1 Å². The molecule has 0 aliphatic heterocycles. The van der Waals surface area contributed by atoms with Gasteiger partial charge in [-0.1, -0.05) is 0 Å². The second-order valence-corrected chi connectivity index (χ2v) is 13.5. The zero-order chi connectivity index (χ0) is 23.6. The van der Waals surface area contributed by atoms with E-state index in [1.54, 1.807) is 12.2 Å². The number of hydrogen-bond acceptors (Lipinski definition) is 2. The number of carbonyl (C=O) groups is 2. The number of hydrogen-bond donors (Lipinski definition) is 0. The maximum absolute atomic E-state index is 12.5. The van der Waals surface area contributed by atoms with Crippen molar-refractivity contribution < 1.29 is 9.59 Å². The van der Waals surface area contributed by atoms with Crippen LogP contribution in [0.15, 0.2) is 121 Å². The van der Waals surface area contributed by atoms with E-state index in [1.165, 1.54) is 8.92 Å². The van der Waals surface area contributed by atoms with Crippen molar-refractivity contribution in [2.75, 3.05) is 0 Å². The van der Waals surface area contributed by atoms with Crippen LogP contribution in [0.5, 0.6) is 0 Å². The molecule has 0 saturated heterocycles. The van der Waals surface area contributed by atoms with Crippen LogP contribution < -0.4 is 8.92 Å². The van der Waals surface area contributed by atoms with Gasteiger partial charge in [-0.15, -0.1) is 0 Å². The van der Waals surface area contributed by atoms with Crippen LogP contribution in [-0.2, 0) is 0 Å². The summed E-state index contributed by atoms with van der Waals surface area (Å²) >= 11 is 0.466. The van der Waals surface area contributed by atoms with E-state index in [-0.39, 0.29) is 37.8 Å². The van der Waals surface area contributed by atoms with Crippen molar-refractivity contribution in [3.8, 4) is 0 Å². The molecule has 0 aromatic heterocycles. The zero-order valence-corrected chi connectivity index (χ0v) is 21.8. The third-order valence-corrected chi connectivity index (χ3v) is 12.3. The SMILES string of the molecule is O=C(/C=C\c1ccccc1[Se][Se]c1ccccc1/C=C\C(=O)c1ccccc1)c1ccccc1. The summed E-state index contributed by atoms with van der Waals surface area (Å²) in [4.78, 5) is 24.9. The van der Waals surface area contributed by atoms with E-state index in [0.717, 1.165) is 11.1 Å². The molecule has 0 bridgehead atoms. The average Bonchev–Trinajstić information content (AvgIpc) is 2.91. The summed E-state index contributed by atoms with van der Waals surface area (Å²) in [5.74, 6) is 0.0129. The fraction of sp³-hybridized carbons (Fsp3) is 0. The maximum atomic E-state index is 12.5. The number of ketones is 2. The molecule has 0 aliphatic carbocycles. The summed E-state index contributed by atoms with van der Waals surface area (Å²) in [5, 5.41) is 0. The molecule has 4 heteroatoms. The van der Waals surface area contributed by atoms with E-state index in [4.69, 9.17) is 0 Å². The van der Waals surface area contributed by atoms with Crippen LogP contribution in [0.2, 0.25) is 0 Å². The zero-order valence-electron chi connectivity index (χ0n) is 18.3. The van der Waals surface area contributed by atoms with Crippen molar-refractivity contribution in [2.24, 2.45) is 0 Å². The quantitative estimate of drug-likeness (QED) is 0.165. The molecule has 2 nitrogen and oxygen atoms in total. The third kappa shape index (κ3) is 6.63. The van der Waals surface area contributed by atoms with Gasteiger partial charge in [-0.3, -0.25) is 0 Å². The van der Waals surface area contributed by atoms with E-state index < -0.39 is 0 Å². The Morgan fingerprint density at radius 3 is 1.24 bits per heavy atom. The van der Waals surface area contributed by atoms with Crippen LogP contribution in [0.3, 0.4) is 0 Å². The van der Waals surface area contributed by atoms with Crippen molar-refractivity contribution in [3.63, 3.8) is 0 Å². The molecule has 0 spiro atoms. The number of allylic oxidation sites excluding steroid dienone is 2. The molecule has 0 saturated carbocycles. The molecule has 0 N–H and O–H groups in total. The van der Waals surface area contributed by atoms with Gasteiger partial charge in [-0.25, -0.2) is 0 Å². The first kappa shape index (κ1) is 23.9. The monoisotopic (exact) mass is 574 g/mol. The first-order valence-electron chi connectivity index (χ1n) is 10.8. The normalized spacial score (nSPS) is 11.2. The first-order chi connectivity index (χ1) is 16.7. The summed E-state index contributed by atoms with van der Waals surface area (Å²) in [6, 6.07) is 35.2.